The lowest BCUT2D eigenvalue weighted by Crippen LogP contribution is -2.22. The van der Waals surface area contributed by atoms with Crippen LogP contribution >= 0.6 is 0 Å². The van der Waals surface area contributed by atoms with Crippen molar-refractivity contribution in [3.63, 3.8) is 0 Å². The van der Waals surface area contributed by atoms with Crippen LogP contribution in [0.1, 0.15) is 7.43 Å². The average molecular weight is 261 g/mol. The van der Waals surface area contributed by atoms with Crippen molar-refractivity contribution in [1.82, 2.24) is 0 Å². The van der Waals surface area contributed by atoms with Crippen LogP contribution in [-0.2, 0) is 4.43 Å². The highest BCUT2D eigenvalue weighted by atomic mass is 28.4. The second kappa shape index (κ2) is 14.3. The van der Waals surface area contributed by atoms with Gasteiger partial charge in [-0.15, -0.1) is 0 Å². The Morgan fingerprint density at radius 3 is 0.933 bits per heavy atom. The average Bonchev–Trinajstić information content (AvgIpc) is 1.87. The molecular weight excluding hydrogens is 228 g/mol. The Morgan fingerprint density at radius 1 is 0.867 bits per heavy atom. The molecule has 0 aromatic heterocycles. The maximum Gasteiger partial charge on any atom is 0.183 e. The van der Waals surface area contributed by atoms with Gasteiger partial charge in [-0.1, -0.05) is 7.43 Å². The molecule has 4 N–H and O–H groups in total. The zero-order valence-corrected chi connectivity index (χ0v) is 12.8. The van der Waals surface area contributed by atoms with Gasteiger partial charge >= 0.3 is 0 Å². The summed E-state index contributed by atoms with van der Waals surface area (Å²) in [6.45, 7) is 12.1. The molecule has 0 aliphatic carbocycles. The van der Waals surface area contributed by atoms with E-state index in [0.717, 1.165) is 7.11 Å². The summed E-state index contributed by atoms with van der Waals surface area (Å²) in [6, 6.07) is 0. The highest BCUT2D eigenvalue weighted by Crippen LogP contribution is 1.97. The van der Waals surface area contributed by atoms with Crippen molar-refractivity contribution < 1.29 is 19.8 Å². The van der Waals surface area contributed by atoms with E-state index in [4.69, 9.17) is 14.3 Å². The SMILES string of the molecule is C.CO.CO[Si](C)(C)C.C[Si](C)(C)O.O. The second-order valence-corrected chi connectivity index (χ2v) is 13.5. The minimum absolute atomic E-state index is 0. The third-order valence-electron chi connectivity index (χ3n) is 0.612. The first-order chi connectivity index (χ1) is 5.56. The molecule has 0 aliphatic rings. The molecule has 0 aromatic rings. The molecule has 100 valence electrons. The van der Waals surface area contributed by atoms with E-state index in [2.05, 4.69) is 19.6 Å². The largest absolute Gasteiger partial charge is 0.433 e. The maximum atomic E-state index is 8.66. The summed E-state index contributed by atoms with van der Waals surface area (Å²) < 4.78 is 5.08. The van der Waals surface area contributed by atoms with E-state index in [1.54, 1.807) is 7.11 Å². The van der Waals surface area contributed by atoms with E-state index >= 15 is 0 Å². The summed E-state index contributed by atoms with van der Waals surface area (Å²) in [5.41, 5.74) is 0. The fourth-order valence-corrected chi connectivity index (χ4v) is 0. The summed E-state index contributed by atoms with van der Waals surface area (Å²) in [5.74, 6) is 0. The molecule has 6 heteroatoms. The van der Waals surface area contributed by atoms with Crippen LogP contribution in [0.25, 0.3) is 0 Å². The van der Waals surface area contributed by atoms with E-state index in [9.17, 15) is 0 Å². The van der Waals surface area contributed by atoms with Gasteiger partial charge in [-0.2, -0.15) is 0 Å². The Kier molecular flexibility index (Phi) is 28.1. The quantitative estimate of drug-likeness (QED) is 0.704. The second-order valence-electron chi connectivity index (χ2n) is 4.49. The molecular formula is C9H32O4Si2. The van der Waals surface area contributed by atoms with Gasteiger partial charge in [0.25, 0.3) is 0 Å². The summed E-state index contributed by atoms with van der Waals surface area (Å²) in [5, 5.41) is 7.00. The van der Waals surface area contributed by atoms with Gasteiger partial charge in [0.2, 0.25) is 0 Å². The standard InChI is InChI=1S/C4H12OSi.C3H10OSi.CH4O.CH4.H2O/c1-5-6(2,3)4;1-5(2,3)4;1-2;;/h1-4H3;4H,1-3H3;2H,1H3;1H4;1H2. The van der Waals surface area contributed by atoms with Crippen molar-refractivity contribution in [2.75, 3.05) is 14.2 Å². The summed E-state index contributed by atoms with van der Waals surface area (Å²) in [6.07, 6.45) is 0. The third-order valence-corrected chi connectivity index (χ3v) is 1.84. The third kappa shape index (κ3) is 201. The minimum Gasteiger partial charge on any atom is -0.433 e. The van der Waals surface area contributed by atoms with Gasteiger partial charge in [0.1, 0.15) is 0 Å². The molecule has 0 unspecified atom stereocenters. The van der Waals surface area contributed by atoms with Gasteiger partial charge in [-0.05, 0) is 39.3 Å². The van der Waals surface area contributed by atoms with Crippen LogP contribution in [0.2, 0.25) is 39.3 Å². The predicted octanol–water partition coefficient (Wildman–Crippen LogP) is 1.70. The lowest BCUT2D eigenvalue weighted by molar-refractivity contribution is 0.399. The topological polar surface area (TPSA) is 81.2 Å². The highest BCUT2D eigenvalue weighted by molar-refractivity contribution is 6.69. The predicted molar refractivity (Wildman–Crippen MR) is 74.4 cm³/mol. The van der Waals surface area contributed by atoms with Crippen LogP contribution in [-0.4, -0.2) is 46.2 Å². The van der Waals surface area contributed by atoms with Crippen LogP contribution in [0, 0.1) is 0 Å². The molecule has 0 saturated heterocycles. The van der Waals surface area contributed by atoms with Crippen molar-refractivity contribution in [3.8, 4) is 0 Å². The van der Waals surface area contributed by atoms with Crippen molar-refractivity contribution in [2.45, 2.75) is 46.7 Å². The molecule has 0 atom stereocenters. The molecule has 0 radical (unpaired) electrons. The molecule has 0 aliphatic heterocycles. The Morgan fingerprint density at radius 2 is 0.933 bits per heavy atom. The molecule has 0 fully saturated rings. The van der Waals surface area contributed by atoms with E-state index in [-0.39, 0.29) is 12.9 Å². The Hall–Kier alpha value is 0.274. The molecule has 0 bridgehead atoms. The Balaban J connectivity index is -0.0000000344. The van der Waals surface area contributed by atoms with Crippen LogP contribution in [0.4, 0.5) is 0 Å². The van der Waals surface area contributed by atoms with Crippen LogP contribution in [0.3, 0.4) is 0 Å². The zero-order valence-electron chi connectivity index (χ0n) is 10.8. The van der Waals surface area contributed by atoms with E-state index in [1.165, 1.54) is 0 Å². The first kappa shape index (κ1) is 29.5. The Bertz CT molecular complexity index is 91.3. The Labute approximate surface area is 97.9 Å². The summed E-state index contributed by atoms with van der Waals surface area (Å²) in [4.78, 5) is 8.66. The van der Waals surface area contributed by atoms with E-state index in [1.807, 2.05) is 19.6 Å². The smallest absolute Gasteiger partial charge is 0.183 e. The summed E-state index contributed by atoms with van der Waals surface area (Å²) >= 11 is 0. The molecule has 4 nitrogen and oxygen atoms in total. The molecule has 0 aromatic carbocycles. The number of aliphatic hydroxyl groups excluding tert-OH is 1. The first-order valence-electron chi connectivity index (χ1n) is 4.28. The van der Waals surface area contributed by atoms with Gasteiger partial charge in [0.15, 0.2) is 16.6 Å². The number of hydrogen-bond acceptors (Lipinski definition) is 3. The first-order valence-corrected chi connectivity index (χ1v) is 11.1. The van der Waals surface area contributed by atoms with Crippen LogP contribution < -0.4 is 0 Å². The summed E-state index contributed by atoms with van der Waals surface area (Å²) in [7, 11) is 0.0278. The lowest BCUT2D eigenvalue weighted by atomic mass is 11.8. The lowest BCUT2D eigenvalue weighted by Gasteiger charge is -2.10. The van der Waals surface area contributed by atoms with Gasteiger partial charge in [-0.25, -0.2) is 0 Å². The minimum atomic E-state index is -1.61. The van der Waals surface area contributed by atoms with E-state index < -0.39 is 16.6 Å². The van der Waals surface area contributed by atoms with Crippen molar-refractivity contribution >= 4 is 16.6 Å². The molecule has 0 saturated carbocycles. The molecule has 0 spiro atoms. The van der Waals surface area contributed by atoms with Gasteiger partial charge in [-0.3, -0.25) is 0 Å². The normalized spacial score (nSPS) is 9.20. The zero-order chi connectivity index (χ0) is 11.7. The highest BCUT2D eigenvalue weighted by Gasteiger charge is 2.09. The monoisotopic (exact) mass is 260 g/mol. The number of rotatable bonds is 1. The fourth-order valence-electron chi connectivity index (χ4n) is 0. The van der Waals surface area contributed by atoms with Gasteiger partial charge < -0.3 is 19.8 Å². The fraction of sp³-hybridized carbons (Fsp3) is 1.00. The van der Waals surface area contributed by atoms with Gasteiger partial charge in [0, 0.05) is 14.2 Å². The van der Waals surface area contributed by atoms with Crippen molar-refractivity contribution in [1.29, 1.82) is 0 Å². The van der Waals surface area contributed by atoms with Crippen LogP contribution in [0.5, 0.6) is 0 Å². The molecule has 0 heterocycles. The molecule has 0 rings (SSSR count). The van der Waals surface area contributed by atoms with Crippen molar-refractivity contribution in [2.24, 2.45) is 0 Å². The molecule has 15 heavy (non-hydrogen) atoms. The van der Waals surface area contributed by atoms with E-state index in [0.29, 0.717) is 0 Å². The number of hydrogen-bond donors (Lipinski definition) is 2. The van der Waals surface area contributed by atoms with Gasteiger partial charge in [0.05, 0.1) is 0 Å². The van der Waals surface area contributed by atoms with Crippen LogP contribution in [0.15, 0.2) is 0 Å². The maximum absolute atomic E-state index is 8.66. The number of aliphatic hydroxyl groups is 1. The van der Waals surface area contributed by atoms with Crippen molar-refractivity contribution in [3.05, 3.63) is 0 Å². The molecule has 0 amide bonds.